The number of hydrogen-bond acceptors (Lipinski definition) is 3. The highest BCUT2D eigenvalue weighted by Gasteiger charge is 2.20. The van der Waals surface area contributed by atoms with Crippen molar-refractivity contribution in [1.82, 2.24) is 14.2 Å². The first kappa shape index (κ1) is 18.5. The lowest BCUT2D eigenvalue weighted by Gasteiger charge is -2.14. The highest BCUT2D eigenvalue weighted by Crippen LogP contribution is 2.31. The third kappa shape index (κ3) is 3.01. The Labute approximate surface area is 158 Å². The van der Waals surface area contributed by atoms with E-state index in [1.807, 2.05) is 39.0 Å². The fraction of sp³-hybridized carbons (Fsp3) is 0.400. The van der Waals surface area contributed by atoms with E-state index in [0.717, 1.165) is 16.8 Å². The first-order chi connectivity index (χ1) is 12.4. The highest BCUT2D eigenvalue weighted by atomic mass is 35.5. The Hall–Kier alpha value is -2.27. The van der Waals surface area contributed by atoms with Gasteiger partial charge in [-0.2, -0.15) is 0 Å². The van der Waals surface area contributed by atoms with Gasteiger partial charge in [-0.25, -0.2) is 4.52 Å². The molecule has 0 amide bonds. The van der Waals surface area contributed by atoms with Crippen molar-refractivity contribution in [1.29, 1.82) is 0 Å². The number of nitrogens with zero attached hydrogens (tertiary/aromatic N) is 3. The van der Waals surface area contributed by atoms with Crippen LogP contribution < -0.4 is 10.3 Å². The fourth-order valence-corrected chi connectivity index (χ4v) is 3.49. The van der Waals surface area contributed by atoms with E-state index in [-0.39, 0.29) is 11.5 Å². The Balaban J connectivity index is 2.31. The van der Waals surface area contributed by atoms with Crippen molar-refractivity contribution in [2.24, 2.45) is 0 Å². The van der Waals surface area contributed by atoms with Crippen LogP contribution in [0.4, 0.5) is 0 Å². The van der Waals surface area contributed by atoms with Crippen molar-refractivity contribution < 1.29 is 4.74 Å². The molecule has 3 aromatic rings. The number of fused-ring (bicyclic) bond motifs is 1. The topological polar surface area (TPSA) is 48.5 Å². The van der Waals surface area contributed by atoms with Crippen LogP contribution in [0, 0.1) is 6.92 Å². The van der Waals surface area contributed by atoms with Crippen molar-refractivity contribution >= 4 is 17.1 Å². The molecule has 0 spiro atoms. The SMILES string of the molecule is CCOc1ccc(-c2nn3c(C)cc(C(C)C)c3c(=O)n2CC)c(Cl)c1. The Morgan fingerprint density at radius 2 is 1.96 bits per heavy atom. The van der Waals surface area contributed by atoms with Crippen LogP contribution >= 0.6 is 11.6 Å². The molecule has 0 bridgehead atoms. The smallest absolute Gasteiger partial charge is 0.278 e. The molecule has 26 heavy (non-hydrogen) atoms. The Kier molecular flexibility index (Phi) is 5.10. The highest BCUT2D eigenvalue weighted by molar-refractivity contribution is 6.33. The number of benzene rings is 1. The summed E-state index contributed by atoms with van der Waals surface area (Å²) in [5, 5.41) is 5.28. The zero-order chi connectivity index (χ0) is 19.0. The van der Waals surface area contributed by atoms with Crippen LogP contribution in [0.2, 0.25) is 5.02 Å². The van der Waals surface area contributed by atoms with E-state index in [1.54, 1.807) is 15.1 Å². The van der Waals surface area contributed by atoms with Crippen LogP contribution in [0.3, 0.4) is 0 Å². The lowest BCUT2D eigenvalue weighted by molar-refractivity contribution is 0.340. The first-order valence-electron chi connectivity index (χ1n) is 8.94. The molecule has 6 heteroatoms. The number of halogens is 1. The van der Waals surface area contributed by atoms with Gasteiger partial charge in [-0.15, -0.1) is 5.10 Å². The van der Waals surface area contributed by atoms with Gasteiger partial charge in [-0.05, 0) is 56.5 Å². The second-order valence-corrected chi connectivity index (χ2v) is 7.01. The summed E-state index contributed by atoms with van der Waals surface area (Å²) >= 11 is 6.48. The normalized spacial score (nSPS) is 11.5. The molecule has 0 saturated heterocycles. The monoisotopic (exact) mass is 373 g/mol. The molecule has 0 aliphatic heterocycles. The van der Waals surface area contributed by atoms with Crippen LogP contribution in [0.5, 0.6) is 5.75 Å². The largest absolute Gasteiger partial charge is 0.494 e. The van der Waals surface area contributed by atoms with E-state index in [9.17, 15) is 4.79 Å². The minimum atomic E-state index is -0.0424. The molecule has 3 rings (SSSR count). The summed E-state index contributed by atoms with van der Waals surface area (Å²) in [4.78, 5) is 13.2. The van der Waals surface area contributed by atoms with Crippen LogP contribution in [0.25, 0.3) is 16.9 Å². The average Bonchev–Trinajstić information content (AvgIpc) is 2.93. The van der Waals surface area contributed by atoms with E-state index in [4.69, 9.17) is 21.4 Å². The van der Waals surface area contributed by atoms with E-state index >= 15 is 0 Å². The molecular weight excluding hydrogens is 350 g/mol. The van der Waals surface area contributed by atoms with Gasteiger partial charge in [0.25, 0.3) is 5.56 Å². The predicted molar refractivity (Wildman–Crippen MR) is 106 cm³/mol. The van der Waals surface area contributed by atoms with Gasteiger partial charge >= 0.3 is 0 Å². The zero-order valence-corrected chi connectivity index (χ0v) is 16.6. The molecule has 138 valence electrons. The number of hydrogen-bond donors (Lipinski definition) is 0. The van der Waals surface area contributed by atoms with E-state index in [2.05, 4.69) is 13.8 Å². The third-order valence-electron chi connectivity index (χ3n) is 4.51. The second-order valence-electron chi connectivity index (χ2n) is 6.60. The molecule has 0 fully saturated rings. The number of rotatable bonds is 5. The second kappa shape index (κ2) is 7.16. The molecule has 5 nitrogen and oxygen atoms in total. The number of ether oxygens (including phenoxy) is 1. The summed E-state index contributed by atoms with van der Waals surface area (Å²) < 4.78 is 8.92. The lowest BCUT2D eigenvalue weighted by atomic mass is 10.1. The van der Waals surface area contributed by atoms with E-state index in [1.165, 1.54) is 0 Å². The Morgan fingerprint density at radius 3 is 2.54 bits per heavy atom. The van der Waals surface area contributed by atoms with Gasteiger partial charge < -0.3 is 4.74 Å². The van der Waals surface area contributed by atoms with Crippen molar-refractivity contribution in [3.05, 3.63) is 50.9 Å². The molecule has 0 unspecified atom stereocenters. The van der Waals surface area contributed by atoms with Crippen molar-refractivity contribution in [2.45, 2.75) is 47.1 Å². The van der Waals surface area contributed by atoms with Crippen molar-refractivity contribution in [2.75, 3.05) is 6.61 Å². The van der Waals surface area contributed by atoms with E-state index in [0.29, 0.717) is 35.3 Å². The summed E-state index contributed by atoms with van der Waals surface area (Å²) in [7, 11) is 0. The molecule has 2 heterocycles. The molecule has 1 aromatic carbocycles. The molecule has 0 radical (unpaired) electrons. The number of aryl methyl sites for hydroxylation is 1. The molecule has 2 aromatic heterocycles. The summed E-state index contributed by atoms with van der Waals surface area (Å²) in [5.74, 6) is 1.51. The Bertz CT molecular complexity index is 1020. The molecule has 0 aliphatic rings. The summed E-state index contributed by atoms with van der Waals surface area (Å²) in [6, 6.07) is 7.51. The van der Waals surface area contributed by atoms with E-state index < -0.39 is 0 Å². The van der Waals surface area contributed by atoms with Crippen LogP contribution in [0.1, 0.15) is 44.9 Å². The van der Waals surface area contributed by atoms with Crippen LogP contribution in [-0.2, 0) is 6.54 Å². The maximum absolute atomic E-state index is 13.2. The van der Waals surface area contributed by atoms with Gasteiger partial charge in [0.2, 0.25) is 0 Å². The number of aromatic nitrogens is 3. The van der Waals surface area contributed by atoms with Crippen LogP contribution in [-0.4, -0.2) is 20.8 Å². The quantitative estimate of drug-likeness (QED) is 0.653. The third-order valence-corrected chi connectivity index (χ3v) is 4.83. The summed E-state index contributed by atoms with van der Waals surface area (Å²) in [6.07, 6.45) is 0. The molecule has 0 atom stereocenters. The van der Waals surface area contributed by atoms with Gasteiger partial charge in [-0.3, -0.25) is 9.36 Å². The molecular formula is C20H24ClN3O2. The maximum Gasteiger partial charge on any atom is 0.278 e. The average molecular weight is 374 g/mol. The minimum absolute atomic E-state index is 0.0424. The zero-order valence-electron chi connectivity index (χ0n) is 15.8. The predicted octanol–water partition coefficient (Wildman–Crippen LogP) is 4.67. The van der Waals surface area contributed by atoms with Gasteiger partial charge in [0, 0.05) is 17.8 Å². The first-order valence-corrected chi connectivity index (χ1v) is 9.32. The van der Waals surface area contributed by atoms with Gasteiger partial charge in [-0.1, -0.05) is 25.4 Å². The lowest BCUT2D eigenvalue weighted by Crippen LogP contribution is -2.26. The van der Waals surface area contributed by atoms with Gasteiger partial charge in [0.15, 0.2) is 5.82 Å². The van der Waals surface area contributed by atoms with Crippen LogP contribution in [0.15, 0.2) is 29.1 Å². The molecule has 0 aliphatic carbocycles. The Morgan fingerprint density at radius 1 is 1.23 bits per heavy atom. The standard InChI is InChI=1S/C20H24ClN3O2/c1-6-23-19(15-9-8-14(26-7-2)11-17(15)21)22-24-13(5)10-16(12(3)4)18(24)20(23)25/h8-12H,6-7H2,1-5H3. The van der Waals surface area contributed by atoms with Gasteiger partial charge in [0.05, 0.1) is 11.6 Å². The maximum atomic E-state index is 13.2. The molecule has 0 saturated carbocycles. The van der Waals surface area contributed by atoms with Crippen molar-refractivity contribution in [3.63, 3.8) is 0 Å². The summed E-state index contributed by atoms with van der Waals surface area (Å²) in [6.45, 7) is 11.1. The fourth-order valence-electron chi connectivity index (χ4n) is 3.24. The summed E-state index contributed by atoms with van der Waals surface area (Å²) in [5.41, 5.74) is 3.28. The van der Waals surface area contributed by atoms with Gasteiger partial charge in [0.1, 0.15) is 11.3 Å². The van der Waals surface area contributed by atoms with Crippen molar-refractivity contribution in [3.8, 4) is 17.1 Å². The molecule has 0 N–H and O–H groups in total. The minimum Gasteiger partial charge on any atom is -0.494 e.